The zero-order valence-corrected chi connectivity index (χ0v) is 15.2. The molecule has 4 rings (SSSR count). The van der Waals surface area contributed by atoms with Crippen LogP contribution in [0.2, 0.25) is 0 Å². The summed E-state index contributed by atoms with van der Waals surface area (Å²) < 4.78 is 15.9. The number of hydrogen-bond donors (Lipinski definition) is 1. The summed E-state index contributed by atoms with van der Waals surface area (Å²) in [4.78, 5) is 17.4. The number of carboxylic acid groups (broad SMARTS) is 1. The fourth-order valence-corrected chi connectivity index (χ4v) is 3.56. The molecular weight excluding hydrogens is 361 g/mol. The number of benzene rings is 1. The first kappa shape index (κ1) is 18.2. The van der Waals surface area contributed by atoms with Gasteiger partial charge in [0.2, 0.25) is 0 Å². The van der Waals surface area contributed by atoms with Gasteiger partial charge in [-0.05, 0) is 50.2 Å². The van der Waals surface area contributed by atoms with Gasteiger partial charge in [0.15, 0.2) is 0 Å². The fourth-order valence-electron chi connectivity index (χ4n) is 3.56. The van der Waals surface area contributed by atoms with Crippen molar-refractivity contribution in [2.75, 3.05) is 13.1 Å². The Morgan fingerprint density at radius 1 is 1.14 bits per heavy atom. The number of para-hydroxylation sites is 1. The molecule has 7 nitrogen and oxygen atoms in total. The number of nitrogens with zero attached hydrogens (tertiary/aromatic N) is 5. The number of halogens is 1. The molecule has 2 aromatic heterocycles. The van der Waals surface area contributed by atoms with E-state index in [-0.39, 0.29) is 11.7 Å². The van der Waals surface area contributed by atoms with Crippen LogP contribution in [0.15, 0.2) is 48.8 Å². The fraction of sp³-hybridized carbons (Fsp3) is 0.300. The second kappa shape index (κ2) is 7.85. The van der Waals surface area contributed by atoms with Gasteiger partial charge >= 0.3 is 5.97 Å². The number of aliphatic carboxylic acids is 1. The molecule has 1 aliphatic heterocycles. The van der Waals surface area contributed by atoms with E-state index in [0.717, 1.165) is 11.3 Å². The molecule has 28 heavy (non-hydrogen) atoms. The molecule has 0 amide bonds. The maximum Gasteiger partial charge on any atom is 0.306 e. The smallest absolute Gasteiger partial charge is 0.306 e. The summed E-state index contributed by atoms with van der Waals surface area (Å²) in [6.45, 7) is 1.89. The van der Waals surface area contributed by atoms with E-state index in [0.29, 0.717) is 43.9 Å². The van der Waals surface area contributed by atoms with Gasteiger partial charge < -0.3 is 5.11 Å². The SMILES string of the molecule is O=C(O)C1CCN(Cc2nnn(-c3ccccc3F)c2-c2ccncc2)CC1. The Labute approximate surface area is 161 Å². The van der Waals surface area contributed by atoms with Crippen molar-refractivity contribution in [1.29, 1.82) is 0 Å². The number of piperidine rings is 1. The monoisotopic (exact) mass is 381 g/mol. The third-order valence-corrected chi connectivity index (χ3v) is 5.08. The highest BCUT2D eigenvalue weighted by Crippen LogP contribution is 2.28. The number of rotatable bonds is 5. The van der Waals surface area contributed by atoms with E-state index in [1.165, 1.54) is 10.7 Å². The summed E-state index contributed by atoms with van der Waals surface area (Å²) in [6, 6.07) is 10.1. The molecule has 3 heterocycles. The van der Waals surface area contributed by atoms with Crippen LogP contribution in [0.3, 0.4) is 0 Å². The van der Waals surface area contributed by atoms with Crippen molar-refractivity contribution < 1.29 is 14.3 Å². The van der Waals surface area contributed by atoms with Crippen molar-refractivity contribution in [2.24, 2.45) is 5.92 Å². The summed E-state index contributed by atoms with van der Waals surface area (Å²) in [5.74, 6) is -1.40. The predicted molar refractivity (Wildman–Crippen MR) is 100 cm³/mol. The third kappa shape index (κ3) is 3.63. The molecule has 1 N–H and O–H groups in total. The van der Waals surface area contributed by atoms with E-state index < -0.39 is 5.97 Å². The third-order valence-electron chi connectivity index (χ3n) is 5.08. The van der Waals surface area contributed by atoms with Crippen LogP contribution >= 0.6 is 0 Å². The van der Waals surface area contributed by atoms with Crippen molar-refractivity contribution in [3.8, 4) is 16.9 Å². The number of carboxylic acids is 1. The standard InChI is InChI=1S/C20H20FN5O2/c21-16-3-1-2-4-18(16)26-19(14-5-9-22-10-6-14)17(23-24-26)13-25-11-7-15(8-12-25)20(27)28/h1-6,9-10,15H,7-8,11-13H2,(H,27,28). The molecule has 0 unspecified atom stereocenters. The van der Waals surface area contributed by atoms with Crippen LogP contribution in [0.25, 0.3) is 16.9 Å². The largest absolute Gasteiger partial charge is 0.481 e. The molecule has 8 heteroatoms. The first-order chi connectivity index (χ1) is 13.6. The number of carbonyl (C=O) groups is 1. The first-order valence-electron chi connectivity index (χ1n) is 9.18. The highest BCUT2D eigenvalue weighted by Gasteiger charge is 2.26. The van der Waals surface area contributed by atoms with Crippen LogP contribution in [0.4, 0.5) is 4.39 Å². The normalized spacial score (nSPS) is 15.6. The van der Waals surface area contributed by atoms with Gasteiger partial charge in [-0.2, -0.15) is 0 Å². The molecule has 0 saturated carbocycles. The highest BCUT2D eigenvalue weighted by atomic mass is 19.1. The molecule has 1 saturated heterocycles. The van der Waals surface area contributed by atoms with E-state index in [2.05, 4.69) is 20.2 Å². The molecule has 144 valence electrons. The van der Waals surface area contributed by atoms with Crippen LogP contribution in [-0.2, 0) is 11.3 Å². The van der Waals surface area contributed by atoms with E-state index in [9.17, 15) is 14.3 Å². The summed E-state index contributed by atoms with van der Waals surface area (Å²) >= 11 is 0. The number of pyridine rings is 1. The molecular formula is C20H20FN5O2. The van der Waals surface area contributed by atoms with Crippen molar-refractivity contribution in [3.05, 3.63) is 60.3 Å². The van der Waals surface area contributed by atoms with E-state index >= 15 is 0 Å². The number of likely N-dealkylation sites (tertiary alicyclic amines) is 1. The molecule has 0 atom stereocenters. The van der Waals surface area contributed by atoms with Gasteiger partial charge in [-0.3, -0.25) is 14.7 Å². The van der Waals surface area contributed by atoms with Crippen molar-refractivity contribution in [1.82, 2.24) is 24.9 Å². The quantitative estimate of drug-likeness (QED) is 0.732. The second-order valence-corrected chi connectivity index (χ2v) is 6.87. The molecule has 0 aliphatic carbocycles. The van der Waals surface area contributed by atoms with Crippen LogP contribution in [0, 0.1) is 11.7 Å². The molecule has 1 aromatic carbocycles. The lowest BCUT2D eigenvalue weighted by atomic mass is 9.97. The Balaban J connectivity index is 1.67. The number of aromatic nitrogens is 4. The van der Waals surface area contributed by atoms with Crippen LogP contribution in [0.5, 0.6) is 0 Å². The van der Waals surface area contributed by atoms with Gasteiger partial charge in [-0.25, -0.2) is 9.07 Å². The Kier molecular flexibility index (Phi) is 5.12. The average molecular weight is 381 g/mol. The second-order valence-electron chi connectivity index (χ2n) is 6.87. The summed E-state index contributed by atoms with van der Waals surface area (Å²) in [5, 5.41) is 17.7. The lowest BCUT2D eigenvalue weighted by Gasteiger charge is -2.29. The first-order valence-corrected chi connectivity index (χ1v) is 9.18. The van der Waals surface area contributed by atoms with E-state index in [1.54, 1.807) is 30.6 Å². The van der Waals surface area contributed by atoms with Crippen LogP contribution in [0.1, 0.15) is 18.5 Å². The van der Waals surface area contributed by atoms with Crippen LogP contribution < -0.4 is 0 Å². The Morgan fingerprint density at radius 3 is 2.54 bits per heavy atom. The minimum Gasteiger partial charge on any atom is -0.481 e. The lowest BCUT2D eigenvalue weighted by molar-refractivity contribution is -0.143. The average Bonchev–Trinajstić information content (AvgIpc) is 3.12. The Bertz CT molecular complexity index is 968. The van der Waals surface area contributed by atoms with Gasteiger partial charge in [0.25, 0.3) is 0 Å². The van der Waals surface area contributed by atoms with Gasteiger partial charge in [-0.1, -0.05) is 17.3 Å². The zero-order chi connectivity index (χ0) is 19.5. The van der Waals surface area contributed by atoms with Crippen molar-refractivity contribution in [3.63, 3.8) is 0 Å². The molecule has 0 spiro atoms. The van der Waals surface area contributed by atoms with Crippen molar-refractivity contribution >= 4 is 5.97 Å². The van der Waals surface area contributed by atoms with Gasteiger partial charge in [0, 0.05) is 24.5 Å². The molecule has 1 fully saturated rings. The van der Waals surface area contributed by atoms with Gasteiger partial charge in [0.1, 0.15) is 17.2 Å². The van der Waals surface area contributed by atoms with Crippen molar-refractivity contribution in [2.45, 2.75) is 19.4 Å². The molecule has 1 aliphatic rings. The number of hydrogen-bond acceptors (Lipinski definition) is 5. The molecule has 3 aromatic rings. The summed E-state index contributed by atoms with van der Waals surface area (Å²) in [7, 11) is 0. The Morgan fingerprint density at radius 2 is 1.86 bits per heavy atom. The predicted octanol–water partition coefficient (Wildman–Crippen LogP) is 2.77. The Hall–Kier alpha value is -3.13. The van der Waals surface area contributed by atoms with E-state index in [1.807, 2.05) is 12.1 Å². The van der Waals surface area contributed by atoms with Gasteiger partial charge in [-0.15, -0.1) is 5.10 Å². The summed E-state index contributed by atoms with van der Waals surface area (Å²) in [6.07, 6.45) is 4.58. The van der Waals surface area contributed by atoms with E-state index in [4.69, 9.17) is 0 Å². The summed E-state index contributed by atoms with van der Waals surface area (Å²) in [5.41, 5.74) is 2.62. The maximum absolute atomic E-state index is 14.4. The molecule has 0 bridgehead atoms. The highest BCUT2D eigenvalue weighted by molar-refractivity contribution is 5.70. The topological polar surface area (TPSA) is 84.1 Å². The zero-order valence-electron chi connectivity index (χ0n) is 15.2. The molecule has 0 radical (unpaired) electrons. The van der Waals surface area contributed by atoms with Gasteiger partial charge in [0.05, 0.1) is 11.6 Å². The van der Waals surface area contributed by atoms with Crippen LogP contribution in [-0.4, -0.2) is 49.0 Å². The minimum atomic E-state index is -0.734. The maximum atomic E-state index is 14.4. The lowest BCUT2D eigenvalue weighted by Crippen LogP contribution is -2.36. The minimum absolute atomic E-state index is 0.287.